The van der Waals surface area contributed by atoms with Crippen molar-refractivity contribution in [2.24, 2.45) is 5.92 Å². The van der Waals surface area contributed by atoms with E-state index < -0.39 is 0 Å². The standard InChI is InChI=1S/C21H30N2O3/c1-25-9-8-23-19-7-6-17(21(23)24)12-22(14-19)13-18-10-15-4-3-5-16(15)11-20(18)26-2/h10-11,17,19H,3-9,12-14H2,1-2H3/t17-,19+/m0/s1. The Morgan fingerprint density at radius 1 is 1.12 bits per heavy atom. The predicted molar refractivity (Wildman–Crippen MR) is 100 cm³/mol. The average molecular weight is 358 g/mol. The van der Waals surface area contributed by atoms with Gasteiger partial charge in [-0.1, -0.05) is 6.07 Å². The Labute approximate surface area is 156 Å². The number of amides is 1. The van der Waals surface area contributed by atoms with E-state index in [9.17, 15) is 4.79 Å². The monoisotopic (exact) mass is 358 g/mol. The van der Waals surface area contributed by atoms with Gasteiger partial charge in [-0.05, 0) is 49.3 Å². The molecule has 1 aliphatic carbocycles. The molecule has 3 fully saturated rings. The fourth-order valence-corrected chi connectivity index (χ4v) is 4.95. The molecule has 26 heavy (non-hydrogen) atoms. The average Bonchev–Trinajstić information content (AvgIpc) is 2.94. The van der Waals surface area contributed by atoms with Gasteiger partial charge in [0, 0.05) is 44.9 Å². The lowest BCUT2D eigenvalue weighted by atomic mass is 9.94. The van der Waals surface area contributed by atoms with Gasteiger partial charge in [0.05, 0.1) is 19.6 Å². The summed E-state index contributed by atoms with van der Waals surface area (Å²) in [5.74, 6) is 1.46. The van der Waals surface area contributed by atoms with Gasteiger partial charge in [0.15, 0.2) is 0 Å². The maximum Gasteiger partial charge on any atom is 0.227 e. The first-order chi connectivity index (χ1) is 12.7. The zero-order chi connectivity index (χ0) is 18.1. The molecule has 2 bridgehead atoms. The molecule has 3 saturated heterocycles. The second-order valence-corrected chi connectivity index (χ2v) is 7.93. The number of fused-ring (bicyclic) bond motifs is 5. The molecule has 0 aromatic heterocycles. The Morgan fingerprint density at radius 2 is 1.92 bits per heavy atom. The topological polar surface area (TPSA) is 42.0 Å². The van der Waals surface area contributed by atoms with Crippen LogP contribution in [0.5, 0.6) is 5.75 Å². The van der Waals surface area contributed by atoms with Crippen LogP contribution in [0, 0.1) is 5.92 Å². The number of methoxy groups -OCH3 is 2. The number of ether oxygens (including phenoxy) is 2. The number of carbonyl (C=O) groups is 1. The molecule has 3 heterocycles. The number of hydrogen-bond acceptors (Lipinski definition) is 4. The van der Waals surface area contributed by atoms with Crippen molar-refractivity contribution in [1.29, 1.82) is 0 Å². The minimum atomic E-state index is 0.131. The summed E-state index contributed by atoms with van der Waals surface area (Å²) in [5, 5.41) is 0. The van der Waals surface area contributed by atoms with Crippen LogP contribution in [0.2, 0.25) is 0 Å². The van der Waals surface area contributed by atoms with E-state index in [4.69, 9.17) is 9.47 Å². The molecule has 5 heteroatoms. The van der Waals surface area contributed by atoms with Crippen molar-refractivity contribution in [3.05, 3.63) is 28.8 Å². The third-order valence-electron chi connectivity index (χ3n) is 6.29. The molecule has 3 aliphatic heterocycles. The summed E-state index contributed by atoms with van der Waals surface area (Å²) in [6.07, 6.45) is 5.73. The number of nitrogens with zero attached hydrogens (tertiary/aromatic N) is 2. The molecule has 5 nitrogen and oxygen atoms in total. The highest BCUT2D eigenvalue weighted by Crippen LogP contribution is 2.33. The predicted octanol–water partition coefficient (Wildman–Crippen LogP) is 2.25. The molecule has 142 valence electrons. The first kappa shape index (κ1) is 17.8. The highest BCUT2D eigenvalue weighted by atomic mass is 16.5. The van der Waals surface area contributed by atoms with E-state index in [1.54, 1.807) is 14.2 Å². The van der Waals surface area contributed by atoms with Gasteiger partial charge in [-0.15, -0.1) is 0 Å². The van der Waals surface area contributed by atoms with Gasteiger partial charge in [0.2, 0.25) is 5.91 Å². The second kappa shape index (κ2) is 7.57. The van der Waals surface area contributed by atoms with Crippen LogP contribution in [-0.2, 0) is 28.9 Å². The van der Waals surface area contributed by atoms with Crippen molar-refractivity contribution >= 4 is 5.91 Å². The fraction of sp³-hybridized carbons (Fsp3) is 0.667. The Balaban J connectivity index is 1.52. The first-order valence-electron chi connectivity index (χ1n) is 9.90. The summed E-state index contributed by atoms with van der Waals surface area (Å²) in [7, 11) is 3.47. The fourth-order valence-electron chi connectivity index (χ4n) is 4.95. The summed E-state index contributed by atoms with van der Waals surface area (Å²) in [6, 6.07) is 4.90. The van der Waals surface area contributed by atoms with Gasteiger partial charge < -0.3 is 14.4 Å². The van der Waals surface area contributed by atoms with Gasteiger partial charge in [-0.2, -0.15) is 0 Å². The second-order valence-electron chi connectivity index (χ2n) is 7.93. The summed E-state index contributed by atoms with van der Waals surface area (Å²) >= 11 is 0. The van der Waals surface area contributed by atoms with Crippen LogP contribution in [0.3, 0.4) is 0 Å². The number of aryl methyl sites for hydroxylation is 2. The summed E-state index contributed by atoms with van der Waals surface area (Å²) < 4.78 is 10.9. The number of hydrogen-bond donors (Lipinski definition) is 0. The molecule has 0 radical (unpaired) electrons. The Kier molecular flexibility index (Phi) is 5.18. The summed E-state index contributed by atoms with van der Waals surface area (Å²) in [5.41, 5.74) is 4.20. The van der Waals surface area contributed by atoms with Gasteiger partial charge in [0.25, 0.3) is 0 Å². The summed E-state index contributed by atoms with van der Waals surface area (Å²) in [6.45, 7) is 4.01. The zero-order valence-corrected chi connectivity index (χ0v) is 16.0. The third-order valence-corrected chi connectivity index (χ3v) is 6.29. The van der Waals surface area contributed by atoms with E-state index in [0.717, 1.165) is 38.2 Å². The van der Waals surface area contributed by atoms with Crippen molar-refractivity contribution in [1.82, 2.24) is 9.80 Å². The number of carbonyl (C=O) groups excluding carboxylic acids is 1. The lowest BCUT2D eigenvalue weighted by Crippen LogP contribution is -2.49. The van der Waals surface area contributed by atoms with Gasteiger partial charge in [-0.3, -0.25) is 9.69 Å². The maximum absolute atomic E-state index is 12.8. The SMILES string of the molecule is COCCN1C(=O)[C@H]2CC[C@@H]1CN(Cc1cc3c(cc1OC)CCC3)C2. The van der Waals surface area contributed by atoms with Crippen LogP contribution in [0.1, 0.15) is 36.0 Å². The van der Waals surface area contributed by atoms with Crippen LogP contribution >= 0.6 is 0 Å². The van der Waals surface area contributed by atoms with E-state index >= 15 is 0 Å². The Bertz CT molecular complexity index is 675. The Morgan fingerprint density at radius 3 is 2.69 bits per heavy atom. The number of rotatable bonds is 6. The van der Waals surface area contributed by atoms with Crippen molar-refractivity contribution in [3.63, 3.8) is 0 Å². The summed E-state index contributed by atoms with van der Waals surface area (Å²) in [4.78, 5) is 17.3. The number of piperidine rings is 1. The van der Waals surface area contributed by atoms with E-state index in [0.29, 0.717) is 25.1 Å². The van der Waals surface area contributed by atoms with E-state index in [2.05, 4.69) is 21.9 Å². The van der Waals surface area contributed by atoms with Crippen LogP contribution < -0.4 is 4.74 Å². The highest BCUT2D eigenvalue weighted by Gasteiger charge is 2.40. The molecule has 2 atom stereocenters. The van der Waals surface area contributed by atoms with E-state index in [-0.39, 0.29) is 5.92 Å². The highest BCUT2D eigenvalue weighted by molar-refractivity contribution is 5.80. The van der Waals surface area contributed by atoms with E-state index in [1.807, 2.05) is 0 Å². The van der Waals surface area contributed by atoms with Crippen LogP contribution in [0.15, 0.2) is 12.1 Å². The lowest BCUT2D eigenvalue weighted by molar-refractivity contribution is -0.140. The van der Waals surface area contributed by atoms with Crippen LogP contribution in [0.25, 0.3) is 0 Å². The molecule has 1 amide bonds. The third kappa shape index (κ3) is 3.35. The van der Waals surface area contributed by atoms with Crippen molar-refractivity contribution in [3.8, 4) is 5.75 Å². The van der Waals surface area contributed by atoms with Crippen molar-refractivity contribution < 1.29 is 14.3 Å². The molecule has 0 unspecified atom stereocenters. The molecule has 4 aliphatic rings. The molecule has 0 saturated carbocycles. The van der Waals surface area contributed by atoms with Gasteiger partial charge in [-0.25, -0.2) is 0 Å². The van der Waals surface area contributed by atoms with E-state index in [1.165, 1.54) is 36.0 Å². The molecular formula is C21H30N2O3. The van der Waals surface area contributed by atoms with Crippen molar-refractivity contribution in [2.75, 3.05) is 40.5 Å². The molecule has 0 N–H and O–H groups in total. The smallest absolute Gasteiger partial charge is 0.227 e. The minimum Gasteiger partial charge on any atom is -0.496 e. The van der Waals surface area contributed by atoms with Gasteiger partial charge >= 0.3 is 0 Å². The normalized spacial score (nSPS) is 25.5. The Hall–Kier alpha value is -1.59. The maximum atomic E-state index is 12.8. The zero-order valence-electron chi connectivity index (χ0n) is 16.0. The van der Waals surface area contributed by atoms with Crippen molar-refractivity contribution in [2.45, 2.75) is 44.7 Å². The van der Waals surface area contributed by atoms with Crippen LogP contribution in [-0.4, -0.2) is 62.2 Å². The lowest BCUT2D eigenvalue weighted by Gasteiger charge is -2.35. The minimum absolute atomic E-state index is 0.131. The largest absolute Gasteiger partial charge is 0.496 e. The molecule has 1 aromatic carbocycles. The number of benzene rings is 1. The molecule has 5 rings (SSSR count). The molecular weight excluding hydrogens is 328 g/mol. The molecule has 1 aromatic rings. The first-order valence-corrected chi connectivity index (χ1v) is 9.90. The quantitative estimate of drug-likeness (QED) is 0.782. The van der Waals surface area contributed by atoms with Crippen LogP contribution in [0.4, 0.5) is 0 Å². The molecule has 0 spiro atoms. The van der Waals surface area contributed by atoms with Gasteiger partial charge in [0.1, 0.15) is 5.75 Å².